The minimum absolute atomic E-state index is 0.420. The number of aromatic nitrogens is 2. The van der Waals surface area contributed by atoms with E-state index in [1.54, 1.807) is 11.8 Å². The first-order valence-corrected chi connectivity index (χ1v) is 7.94. The predicted octanol–water partition coefficient (Wildman–Crippen LogP) is 2.25. The molecular formula is C13H22N4OS. The molecule has 1 aromatic rings. The highest BCUT2D eigenvalue weighted by Gasteiger charge is 2.22. The minimum atomic E-state index is 0.420. The summed E-state index contributed by atoms with van der Waals surface area (Å²) in [6.07, 6.45) is 4.15. The molecule has 1 saturated heterocycles. The molecule has 0 radical (unpaired) electrons. The molecule has 6 heteroatoms. The van der Waals surface area contributed by atoms with E-state index in [-0.39, 0.29) is 0 Å². The van der Waals surface area contributed by atoms with E-state index in [4.69, 9.17) is 4.74 Å². The summed E-state index contributed by atoms with van der Waals surface area (Å²) < 4.78 is 5.45. The lowest BCUT2D eigenvalue weighted by Gasteiger charge is -2.24. The fourth-order valence-electron chi connectivity index (χ4n) is 2.04. The number of thioether (sulfide) groups is 1. The molecule has 0 amide bonds. The summed E-state index contributed by atoms with van der Waals surface area (Å²) in [5, 5.41) is 4.14. The van der Waals surface area contributed by atoms with E-state index in [1.165, 1.54) is 0 Å². The Labute approximate surface area is 119 Å². The fourth-order valence-corrected chi connectivity index (χ4v) is 2.42. The maximum Gasteiger partial charge on any atom is 0.191 e. The van der Waals surface area contributed by atoms with Gasteiger partial charge in [-0.25, -0.2) is 9.97 Å². The highest BCUT2D eigenvalue weighted by atomic mass is 32.2. The highest BCUT2D eigenvalue weighted by Crippen LogP contribution is 2.23. The van der Waals surface area contributed by atoms with Crippen molar-refractivity contribution in [2.75, 3.05) is 43.3 Å². The van der Waals surface area contributed by atoms with Gasteiger partial charge in [0.2, 0.25) is 0 Å². The van der Waals surface area contributed by atoms with Gasteiger partial charge in [0.05, 0.1) is 12.6 Å². The number of nitrogens with one attached hydrogen (secondary N) is 1. The zero-order valence-corrected chi connectivity index (χ0v) is 12.7. The summed E-state index contributed by atoms with van der Waals surface area (Å²) in [6.45, 7) is 4.70. The number of anilines is 2. The second-order valence-electron chi connectivity index (χ2n) is 4.65. The zero-order valence-electron chi connectivity index (χ0n) is 11.8. The van der Waals surface area contributed by atoms with Gasteiger partial charge in [-0.15, -0.1) is 0 Å². The number of hydrogen-bond donors (Lipinski definition) is 1. The third-order valence-electron chi connectivity index (χ3n) is 3.25. The van der Waals surface area contributed by atoms with Crippen LogP contribution in [-0.4, -0.2) is 49.1 Å². The number of hydrogen-bond acceptors (Lipinski definition) is 6. The van der Waals surface area contributed by atoms with Crippen molar-refractivity contribution in [2.24, 2.45) is 0 Å². The largest absolute Gasteiger partial charge is 0.379 e. The summed E-state index contributed by atoms with van der Waals surface area (Å²) in [4.78, 5) is 11.3. The Morgan fingerprint density at radius 2 is 2.37 bits per heavy atom. The molecule has 1 atom stereocenters. The molecule has 1 aliphatic heterocycles. The van der Waals surface area contributed by atoms with Crippen LogP contribution in [0.5, 0.6) is 0 Å². The van der Waals surface area contributed by atoms with Crippen LogP contribution in [0.3, 0.4) is 0 Å². The lowest BCUT2D eigenvalue weighted by molar-refractivity contribution is 0.193. The summed E-state index contributed by atoms with van der Waals surface area (Å²) in [6, 6.07) is 2.44. The van der Waals surface area contributed by atoms with Crippen molar-refractivity contribution in [1.82, 2.24) is 9.97 Å². The Bertz CT molecular complexity index is 410. The van der Waals surface area contributed by atoms with Crippen molar-refractivity contribution in [3.05, 3.63) is 6.07 Å². The van der Waals surface area contributed by atoms with Gasteiger partial charge in [0.25, 0.3) is 0 Å². The lowest BCUT2D eigenvalue weighted by Crippen LogP contribution is -2.32. The van der Waals surface area contributed by atoms with Crippen LogP contribution in [0.25, 0.3) is 0 Å². The first kappa shape index (κ1) is 14.4. The van der Waals surface area contributed by atoms with Crippen LogP contribution in [0.1, 0.15) is 19.8 Å². The van der Waals surface area contributed by atoms with Gasteiger partial charge in [-0.3, -0.25) is 0 Å². The van der Waals surface area contributed by atoms with Gasteiger partial charge in [0.1, 0.15) is 11.6 Å². The topological polar surface area (TPSA) is 50.3 Å². The van der Waals surface area contributed by atoms with Crippen LogP contribution in [0.4, 0.5) is 11.6 Å². The molecule has 0 bridgehead atoms. The van der Waals surface area contributed by atoms with E-state index >= 15 is 0 Å². The number of nitrogens with zero attached hydrogens (tertiary/aromatic N) is 3. The van der Waals surface area contributed by atoms with Gasteiger partial charge in [0.15, 0.2) is 5.16 Å². The summed E-state index contributed by atoms with van der Waals surface area (Å²) >= 11 is 1.57. The molecular weight excluding hydrogens is 260 g/mol. The molecule has 1 N–H and O–H groups in total. The molecule has 0 aromatic carbocycles. The Balaban J connectivity index is 2.17. The Kier molecular flexibility index (Phi) is 5.27. The van der Waals surface area contributed by atoms with Gasteiger partial charge in [-0.05, 0) is 19.1 Å². The Hall–Kier alpha value is -1.01. The third kappa shape index (κ3) is 3.73. The number of rotatable bonds is 6. The van der Waals surface area contributed by atoms with Crippen LogP contribution >= 0.6 is 11.8 Å². The molecule has 0 spiro atoms. The monoisotopic (exact) mass is 282 g/mol. The average Bonchev–Trinajstić information content (AvgIpc) is 2.98. The van der Waals surface area contributed by atoms with E-state index in [2.05, 4.69) is 34.2 Å². The quantitative estimate of drug-likeness (QED) is 0.638. The molecule has 0 aliphatic carbocycles. The van der Waals surface area contributed by atoms with Crippen molar-refractivity contribution in [3.8, 4) is 0 Å². The smallest absolute Gasteiger partial charge is 0.191 e. The minimum Gasteiger partial charge on any atom is -0.379 e. The molecule has 1 fully saturated rings. The van der Waals surface area contributed by atoms with Crippen molar-refractivity contribution >= 4 is 23.4 Å². The van der Waals surface area contributed by atoms with Crippen LogP contribution < -0.4 is 10.2 Å². The number of likely N-dealkylation sites (N-methyl/N-ethyl adjacent to an activating group) is 1. The predicted molar refractivity (Wildman–Crippen MR) is 80.2 cm³/mol. The molecule has 106 valence electrons. The van der Waals surface area contributed by atoms with E-state index in [0.29, 0.717) is 6.04 Å². The third-order valence-corrected chi connectivity index (χ3v) is 3.79. The molecule has 0 saturated carbocycles. The SMILES string of the molecule is CCCNc1cc(N(C)C2CCOC2)nc(SC)n1. The van der Waals surface area contributed by atoms with Gasteiger partial charge in [-0.1, -0.05) is 18.7 Å². The van der Waals surface area contributed by atoms with Gasteiger partial charge < -0.3 is 15.0 Å². The Morgan fingerprint density at radius 3 is 3.00 bits per heavy atom. The van der Waals surface area contributed by atoms with Crippen molar-refractivity contribution in [3.63, 3.8) is 0 Å². The molecule has 2 rings (SSSR count). The molecule has 1 aromatic heterocycles. The van der Waals surface area contributed by atoms with Crippen molar-refractivity contribution < 1.29 is 4.74 Å². The maximum absolute atomic E-state index is 5.45. The Morgan fingerprint density at radius 1 is 1.53 bits per heavy atom. The van der Waals surface area contributed by atoms with Gasteiger partial charge in [-0.2, -0.15) is 0 Å². The summed E-state index contributed by atoms with van der Waals surface area (Å²) in [7, 11) is 2.08. The maximum atomic E-state index is 5.45. The molecule has 19 heavy (non-hydrogen) atoms. The molecule has 1 aliphatic rings. The van der Waals surface area contributed by atoms with E-state index in [0.717, 1.165) is 49.4 Å². The summed E-state index contributed by atoms with van der Waals surface area (Å²) in [5.41, 5.74) is 0. The lowest BCUT2D eigenvalue weighted by atomic mass is 10.2. The van der Waals surface area contributed by atoms with E-state index in [1.807, 2.05) is 12.3 Å². The van der Waals surface area contributed by atoms with Crippen LogP contribution in [0.15, 0.2) is 11.2 Å². The van der Waals surface area contributed by atoms with Crippen LogP contribution in [-0.2, 0) is 4.74 Å². The average molecular weight is 282 g/mol. The van der Waals surface area contributed by atoms with Crippen molar-refractivity contribution in [1.29, 1.82) is 0 Å². The first-order valence-electron chi connectivity index (χ1n) is 6.72. The van der Waals surface area contributed by atoms with Gasteiger partial charge >= 0.3 is 0 Å². The first-order chi connectivity index (χ1) is 9.24. The van der Waals surface area contributed by atoms with Gasteiger partial charge in [0, 0.05) is 26.3 Å². The fraction of sp³-hybridized carbons (Fsp3) is 0.692. The number of ether oxygens (including phenoxy) is 1. The molecule has 2 heterocycles. The second kappa shape index (κ2) is 6.96. The standard InChI is InChI=1S/C13H22N4OS/c1-4-6-14-11-8-12(16-13(15-11)19-3)17(2)10-5-7-18-9-10/h8,10H,4-7,9H2,1-3H3,(H,14,15,16). The van der Waals surface area contributed by atoms with E-state index in [9.17, 15) is 0 Å². The molecule has 1 unspecified atom stereocenters. The highest BCUT2D eigenvalue weighted by molar-refractivity contribution is 7.98. The van der Waals surface area contributed by atoms with E-state index < -0.39 is 0 Å². The second-order valence-corrected chi connectivity index (χ2v) is 5.43. The molecule has 5 nitrogen and oxygen atoms in total. The zero-order chi connectivity index (χ0) is 13.7. The van der Waals surface area contributed by atoms with Crippen LogP contribution in [0, 0.1) is 0 Å². The van der Waals surface area contributed by atoms with Crippen molar-refractivity contribution in [2.45, 2.75) is 31.0 Å². The van der Waals surface area contributed by atoms with Crippen LogP contribution in [0.2, 0.25) is 0 Å². The summed E-state index contributed by atoms with van der Waals surface area (Å²) in [5.74, 6) is 1.87. The normalized spacial score (nSPS) is 18.6.